The lowest BCUT2D eigenvalue weighted by Gasteiger charge is -2.29. The topological polar surface area (TPSA) is 79.2 Å². The van der Waals surface area contributed by atoms with Gasteiger partial charge in [-0.3, -0.25) is 4.90 Å². The highest BCUT2D eigenvalue weighted by molar-refractivity contribution is 8.00. The molecule has 0 saturated carbocycles. The van der Waals surface area contributed by atoms with E-state index >= 15 is 0 Å². The van der Waals surface area contributed by atoms with Crippen molar-refractivity contribution in [1.29, 1.82) is 0 Å². The second-order valence-electron chi connectivity index (χ2n) is 9.81. The van der Waals surface area contributed by atoms with E-state index in [0.29, 0.717) is 11.5 Å². The first-order valence-electron chi connectivity index (χ1n) is 13.2. The molecule has 2 N–H and O–H groups in total. The fraction of sp³-hybridized carbons (Fsp3) is 0.323. The molecule has 10 heteroatoms. The number of halogens is 3. The Morgan fingerprint density at radius 3 is 2.22 bits per heavy atom. The standard InChI is InChI=1S/C31H32F3NO5S/c1-21-18-26(8-11-29(21)40-20-30(37)38)39-17-14-28(24-6-9-27(10-7-24)41-31(32,33)34)23-4-2-22(3-5-23)19-35-15-12-25(36)13-16-35/h2-11,14,18,25,36H,12-13,15-17,19-20H2,1H3,(H,37,38)/b28-14+. The number of carboxylic acid groups (broad SMARTS) is 1. The van der Waals surface area contributed by atoms with Crippen LogP contribution in [0.2, 0.25) is 0 Å². The summed E-state index contributed by atoms with van der Waals surface area (Å²) in [6, 6.07) is 19.4. The van der Waals surface area contributed by atoms with Crippen LogP contribution < -0.4 is 9.47 Å². The van der Waals surface area contributed by atoms with Gasteiger partial charge in [0.05, 0.1) is 6.10 Å². The summed E-state index contributed by atoms with van der Waals surface area (Å²) in [7, 11) is 0. The third kappa shape index (κ3) is 9.55. The number of carbonyl (C=O) groups is 1. The predicted octanol–water partition coefficient (Wildman–Crippen LogP) is 6.54. The van der Waals surface area contributed by atoms with Crippen molar-refractivity contribution in [1.82, 2.24) is 4.90 Å². The number of ether oxygens (including phenoxy) is 2. The fourth-order valence-electron chi connectivity index (χ4n) is 4.60. The number of carboxylic acids is 1. The summed E-state index contributed by atoms with van der Waals surface area (Å²) in [6.45, 7) is 4.03. The van der Waals surface area contributed by atoms with Crippen molar-refractivity contribution in [2.75, 3.05) is 26.3 Å². The summed E-state index contributed by atoms with van der Waals surface area (Å²) in [6.07, 6.45) is 3.20. The van der Waals surface area contributed by atoms with E-state index in [-0.39, 0.29) is 29.4 Å². The summed E-state index contributed by atoms with van der Waals surface area (Å²) in [5, 5.41) is 18.6. The molecule has 0 atom stereocenters. The lowest BCUT2D eigenvalue weighted by molar-refractivity contribution is -0.139. The Kier molecular flexibility index (Phi) is 10.4. The maximum absolute atomic E-state index is 12.8. The molecule has 4 rings (SSSR count). The van der Waals surface area contributed by atoms with Gasteiger partial charge >= 0.3 is 11.5 Å². The molecule has 0 amide bonds. The zero-order valence-corrected chi connectivity index (χ0v) is 23.4. The highest BCUT2D eigenvalue weighted by atomic mass is 32.2. The molecule has 3 aromatic carbocycles. The van der Waals surface area contributed by atoms with E-state index in [4.69, 9.17) is 14.6 Å². The molecule has 0 aliphatic carbocycles. The van der Waals surface area contributed by atoms with E-state index in [2.05, 4.69) is 4.90 Å². The van der Waals surface area contributed by atoms with E-state index in [1.807, 2.05) is 30.3 Å². The van der Waals surface area contributed by atoms with Crippen LogP contribution in [0.25, 0.3) is 5.57 Å². The molecule has 1 heterocycles. The van der Waals surface area contributed by atoms with Gasteiger partial charge in [-0.15, -0.1) is 0 Å². The van der Waals surface area contributed by atoms with Crippen LogP contribution in [-0.2, 0) is 11.3 Å². The first-order chi connectivity index (χ1) is 19.6. The van der Waals surface area contributed by atoms with E-state index in [1.54, 1.807) is 37.3 Å². The van der Waals surface area contributed by atoms with Gasteiger partial charge in [-0.25, -0.2) is 4.79 Å². The number of rotatable bonds is 11. The maximum Gasteiger partial charge on any atom is 0.446 e. The van der Waals surface area contributed by atoms with Gasteiger partial charge in [-0.2, -0.15) is 13.2 Å². The van der Waals surface area contributed by atoms with Crippen molar-refractivity contribution in [3.63, 3.8) is 0 Å². The monoisotopic (exact) mass is 587 g/mol. The van der Waals surface area contributed by atoms with Crippen LogP contribution in [0.4, 0.5) is 13.2 Å². The van der Waals surface area contributed by atoms with E-state index < -0.39 is 18.1 Å². The largest absolute Gasteiger partial charge is 0.489 e. The van der Waals surface area contributed by atoms with Gasteiger partial charge in [-0.05, 0) is 95.8 Å². The summed E-state index contributed by atoms with van der Waals surface area (Å²) in [4.78, 5) is 13.2. The summed E-state index contributed by atoms with van der Waals surface area (Å²) >= 11 is -0.149. The SMILES string of the molecule is Cc1cc(OC/C=C(\c2ccc(CN3CCC(O)CC3)cc2)c2ccc(SC(F)(F)F)cc2)ccc1OCC(=O)O. The molecule has 1 saturated heterocycles. The number of aliphatic hydroxyl groups is 1. The van der Waals surface area contributed by atoms with Crippen LogP contribution in [-0.4, -0.2) is 59.0 Å². The number of likely N-dealkylation sites (tertiary alicyclic amines) is 1. The Morgan fingerprint density at radius 1 is 1.00 bits per heavy atom. The molecule has 0 unspecified atom stereocenters. The number of benzene rings is 3. The number of alkyl halides is 3. The Morgan fingerprint density at radius 2 is 1.63 bits per heavy atom. The Balaban J connectivity index is 1.51. The summed E-state index contributed by atoms with van der Waals surface area (Å²) < 4.78 is 49.7. The average Bonchev–Trinajstić information content (AvgIpc) is 2.92. The number of piperidine rings is 1. The fourth-order valence-corrected chi connectivity index (χ4v) is 5.14. The third-order valence-corrected chi connectivity index (χ3v) is 7.40. The Labute approximate surface area is 241 Å². The molecule has 6 nitrogen and oxygen atoms in total. The first-order valence-corrected chi connectivity index (χ1v) is 14.0. The molecule has 218 valence electrons. The van der Waals surface area contributed by atoms with Crippen molar-refractivity contribution in [2.45, 2.75) is 42.8 Å². The second-order valence-corrected chi connectivity index (χ2v) is 11.0. The number of hydrogen-bond acceptors (Lipinski definition) is 6. The van der Waals surface area contributed by atoms with Gasteiger partial charge in [0.15, 0.2) is 6.61 Å². The molecule has 0 spiro atoms. The highest BCUT2D eigenvalue weighted by Crippen LogP contribution is 2.37. The van der Waals surface area contributed by atoms with E-state index in [9.17, 15) is 23.1 Å². The predicted molar refractivity (Wildman–Crippen MR) is 152 cm³/mol. The van der Waals surface area contributed by atoms with Crippen LogP contribution in [0, 0.1) is 6.92 Å². The van der Waals surface area contributed by atoms with Gasteiger partial charge in [0, 0.05) is 24.5 Å². The molecule has 0 radical (unpaired) electrons. The van der Waals surface area contributed by atoms with Gasteiger partial charge in [-0.1, -0.05) is 36.4 Å². The quantitative estimate of drug-likeness (QED) is 0.247. The normalized spacial score (nSPS) is 15.1. The van der Waals surface area contributed by atoms with Crippen molar-refractivity contribution < 1.29 is 37.7 Å². The van der Waals surface area contributed by atoms with Gasteiger partial charge in [0.1, 0.15) is 18.1 Å². The Hall–Kier alpha value is -3.47. The highest BCUT2D eigenvalue weighted by Gasteiger charge is 2.29. The number of aliphatic carboxylic acids is 1. The Bertz CT molecular complexity index is 1340. The average molecular weight is 588 g/mol. The number of nitrogens with zero attached hydrogens (tertiary/aromatic N) is 1. The molecule has 3 aromatic rings. The summed E-state index contributed by atoms with van der Waals surface area (Å²) in [5.41, 5.74) is -0.0206. The molecule has 1 aliphatic rings. The van der Waals surface area contributed by atoms with Crippen molar-refractivity contribution in [3.05, 3.63) is 95.1 Å². The zero-order valence-electron chi connectivity index (χ0n) is 22.6. The minimum atomic E-state index is -4.36. The third-order valence-electron chi connectivity index (χ3n) is 6.66. The summed E-state index contributed by atoms with van der Waals surface area (Å²) in [5.74, 6) is -0.0416. The number of hydrogen-bond donors (Lipinski definition) is 2. The molecule has 1 aliphatic heterocycles. The maximum atomic E-state index is 12.8. The molecular weight excluding hydrogens is 555 g/mol. The first kappa shape index (κ1) is 30.5. The van der Waals surface area contributed by atoms with Gasteiger partial charge in [0.25, 0.3) is 0 Å². The lowest BCUT2D eigenvalue weighted by atomic mass is 9.96. The van der Waals surface area contributed by atoms with Crippen LogP contribution in [0.5, 0.6) is 11.5 Å². The molecular formula is C31H32F3NO5S. The van der Waals surface area contributed by atoms with E-state index in [1.165, 1.54) is 12.1 Å². The molecule has 0 bridgehead atoms. The molecule has 0 aromatic heterocycles. The van der Waals surface area contributed by atoms with E-state index in [0.717, 1.165) is 60.3 Å². The molecule has 1 fully saturated rings. The van der Waals surface area contributed by atoms with Crippen LogP contribution in [0.3, 0.4) is 0 Å². The molecule has 41 heavy (non-hydrogen) atoms. The van der Waals surface area contributed by atoms with Crippen LogP contribution in [0.15, 0.2) is 77.7 Å². The number of thioether (sulfide) groups is 1. The van der Waals surface area contributed by atoms with Crippen molar-refractivity contribution in [3.8, 4) is 11.5 Å². The smallest absolute Gasteiger partial charge is 0.446 e. The minimum Gasteiger partial charge on any atom is -0.489 e. The van der Waals surface area contributed by atoms with Crippen LogP contribution in [0.1, 0.15) is 35.1 Å². The zero-order chi connectivity index (χ0) is 29.4. The van der Waals surface area contributed by atoms with Crippen molar-refractivity contribution >= 4 is 23.3 Å². The minimum absolute atomic E-state index is 0.111. The van der Waals surface area contributed by atoms with Crippen LogP contribution >= 0.6 is 11.8 Å². The van der Waals surface area contributed by atoms with Gasteiger partial charge < -0.3 is 19.7 Å². The lowest BCUT2D eigenvalue weighted by Crippen LogP contribution is -2.35. The second kappa shape index (κ2) is 13.9. The number of aliphatic hydroxyl groups excluding tert-OH is 1. The number of aryl methyl sites for hydroxylation is 1. The van der Waals surface area contributed by atoms with Crippen molar-refractivity contribution in [2.24, 2.45) is 0 Å². The van der Waals surface area contributed by atoms with Gasteiger partial charge in [0.2, 0.25) is 0 Å².